The standard InChI is InChI=1S/C23H24N2O4/c1-14-6-8-18(9-7-14)22(26)25(5)19-10-12-20(13-11-19)28-23(27)15(2)21-16(3)24-29-17(21)4/h6-13,15H,1-5H3. The van der Waals surface area contributed by atoms with Crippen LogP contribution in [0.4, 0.5) is 5.69 Å². The Kier molecular flexibility index (Phi) is 5.82. The van der Waals surface area contributed by atoms with Crippen molar-refractivity contribution in [1.82, 2.24) is 5.16 Å². The molecule has 0 aliphatic heterocycles. The number of hydrogen-bond acceptors (Lipinski definition) is 5. The molecule has 2 aromatic carbocycles. The Morgan fingerprint density at radius 3 is 2.17 bits per heavy atom. The molecule has 0 radical (unpaired) electrons. The summed E-state index contributed by atoms with van der Waals surface area (Å²) in [6.07, 6.45) is 0. The lowest BCUT2D eigenvalue weighted by Crippen LogP contribution is -2.26. The molecule has 0 aliphatic rings. The number of anilines is 1. The molecule has 1 atom stereocenters. The quantitative estimate of drug-likeness (QED) is 0.469. The van der Waals surface area contributed by atoms with Gasteiger partial charge in [-0.2, -0.15) is 0 Å². The second-order valence-corrected chi connectivity index (χ2v) is 7.10. The second kappa shape index (κ2) is 8.31. The lowest BCUT2D eigenvalue weighted by atomic mass is 10.00. The van der Waals surface area contributed by atoms with Crippen LogP contribution in [-0.2, 0) is 4.79 Å². The van der Waals surface area contributed by atoms with E-state index in [1.165, 1.54) is 0 Å². The summed E-state index contributed by atoms with van der Waals surface area (Å²) >= 11 is 0. The van der Waals surface area contributed by atoms with Crippen molar-refractivity contribution in [2.24, 2.45) is 0 Å². The van der Waals surface area contributed by atoms with Crippen molar-refractivity contribution < 1.29 is 18.8 Å². The Bertz CT molecular complexity index is 1000. The Labute approximate surface area is 170 Å². The molecule has 0 spiro atoms. The maximum Gasteiger partial charge on any atom is 0.318 e. The summed E-state index contributed by atoms with van der Waals surface area (Å²) in [7, 11) is 1.71. The first-order valence-electron chi connectivity index (χ1n) is 9.37. The van der Waals surface area contributed by atoms with Gasteiger partial charge in [0.25, 0.3) is 5.91 Å². The van der Waals surface area contributed by atoms with Gasteiger partial charge in [0.15, 0.2) is 0 Å². The number of rotatable bonds is 5. The molecule has 29 heavy (non-hydrogen) atoms. The minimum Gasteiger partial charge on any atom is -0.426 e. The van der Waals surface area contributed by atoms with E-state index in [1.54, 1.807) is 69.1 Å². The zero-order valence-electron chi connectivity index (χ0n) is 17.2. The highest BCUT2D eigenvalue weighted by atomic mass is 16.5. The minimum atomic E-state index is -0.494. The van der Waals surface area contributed by atoms with Gasteiger partial charge >= 0.3 is 5.97 Å². The summed E-state index contributed by atoms with van der Waals surface area (Å²) in [5, 5.41) is 3.88. The molecule has 3 aromatic rings. The van der Waals surface area contributed by atoms with Crippen molar-refractivity contribution in [2.45, 2.75) is 33.6 Å². The van der Waals surface area contributed by atoms with Gasteiger partial charge in [-0.05, 0) is 64.1 Å². The second-order valence-electron chi connectivity index (χ2n) is 7.10. The van der Waals surface area contributed by atoms with Crippen molar-refractivity contribution in [1.29, 1.82) is 0 Å². The van der Waals surface area contributed by atoms with Gasteiger partial charge in [0.05, 0.1) is 11.6 Å². The SMILES string of the molecule is Cc1ccc(C(=O)N(C)c2ccc(OC(=O)C(C)c3c(C)noc3C)cc2)cc1. The summed E-state index contributed by atoms with van der Waals surface area (Å²) < 4.78 is 10.6. The number of carbonyl (C=O) groups excluding carboxylic acids is 2. The number of benzene rings is 2. The van der Waals surface area contributed by atoms with Crippen LogP contribution in [0.3, 0.4) is 0 Å². The smallest absolute Gasteiger partial charge is 0.318 e. The molecule has 1 unspecified atom stereocenters. The maximum absolute atomic E-state index is 12.6. The van der Waals surface area contributed by atoms with E-state index in [4.69, 9.17) is 9.26 Å². The first kappa shape index (κ1) is 20.3. The fraction of sp³-hybridized carbons (Fsp3) is 0.261. The molecule has 150 valence electrons. The van der Waals surface area contributed by atoms with Crippen LogP contribution in [0.1, 0.15) is 45.8 Å². The zero-order valence-corrected chi connectivity index (χ0v) is 17.2. The molecule has 1 heterocycles. The molecule has 6 nitrogen and oxygen atoms in total. The predicted octanol–water partition coefficient (Wildman–Crippen LogP) is 4.59. The number of nitrogens with zero attached hydrogens (tertiary/aromatic N) is 2. The first-order valence-corrected chi connectivity index (χ1v) is 9.37. The number of amides is 1. The van der Waals surface area contributed by atoms with E-state index in [0.717, 1.165) is 11.1 Å². The topological polar surface area (TPSA) is 72.6 Å². The lowest BCUT2D eigenvalue weighted by Gasteiger charge is -2.18. The minimum absolute atomic E-state index is 0.109. The summed E-state index contributed by atoms with van der Waals surface area (Å²) in [4.78, 5) is 26.7. The van der Waals surface area contributed by atoms with E-state index in [9.17, 15) is 9.59 Å². The lowest BCUT2D eigenvalue weighted by molar-refractivity contribution is -0.135. The van der Waals surface area contributed by atoms with Crippen LogP contribution < -0.4 is 9.64 Å². The average molecular weight is 392 g/mol. The summed E-state index contributed by atoms with van der Waals surface area (Å²) in [5.74, 6) is 0.0248. The van der Waals surface area contributed by atoms with E-state index in [-0.39, 0.29) is 5.91 Å². The molecule has 3 rings (SSSR count). The molecule has 0 saturated heterocycles. The van der Waals surface area contributed by atoms with E-state index >= 15 is 0 Å². The van der Waals surface area contributed by atoms with Crippen molar-refractivity contribution >= 4 is 17.6 Å². The van der Waals surface area contributed by atoms with E-state index in [0.29, 0.717) is 28.5 Å². The third-order valence-electron chi connectivity index (χ3n) is 4.92. The largest absolute Gasteiger partial charge is 0.426 e. The third-order valence-corrected chi connectivity index (χ3v) is 4.92. The fourth-order valence-corrected chi connectivity index (χ4v) is 3.18. The highest BCUT2D eigenvalue weighted by Gasteiger charge is 2.24. The van der Waals surface area contributed by atoms with E-state index in [1.807, 2.05) is 19.1 Å². The number of aryl methyl sites for hydroxylation is 3. The molecule has 0 N–H and O–H groups in total. The van der Waals surface area contributed by atoms with Gasteiger partial charge in [-0.3, -0.25) is 9.59 Å². The monoisotopic (exact) mass is 392 g/mol. The van der Waals surface area contributed by atoms with E-state index in [2.05, 4.69) is 5.16 Å². The molecule has 0 saturated carbocycles. The Morgan fingerprint density at radius 2 is 1.62 bits per heavy atom. The van der Waals surface area contributed by atoms with Gasteiger partial charge in [-0.1, -0.05) is 22.9 Å². The third kappa shape index (κ3) is 4.37. The number of carbonyl (C=O) groups is 2. The number of esters is 1. The number of ether oxygens (including phenoxy) is 1. The molecule has 0 aliphatic carbocycles. The van der Waals surface area contributed by atoms with Crippen LogP contribution in [0.15, 0.2) is 53.1 Å². The van der Waals surface area contributed by atoms with Crippen LogP contribution in [-0.4, -0.2) is 24.1 Å². The summed E-state index contributed by atoms with van der Waals surface area (Å²) in [6, 6.07) is 14.3. The van der Waals surface area contributed by atoms with Crippen LogP contribution in [0, 0.1) is 20.8 Å². The van der Waals surface area contributed by atoms with Crippen molar-refractivity contribution in [2.75, 3.05) is 11.9 Å². The molecular weight excluding hydrogens is 368 g/mol. The van der Waals surface area contributed by atoms with Crippen LogP contribution in [0.5, 0.6) is 5.75 Å². The summed E-state index contributed by atoms with van der Waals surface area (Å²) in [5.41, 5.74) is 3.84. The average Bonchev–Trinajstić information content (AvgIpc) is 3.05. The zero-order chi connectivity index (χ0) is 21.1. The molecule has 6 heteroatoms. The van der Waals surface area contributed by atoms with E-state index < -0.39 is 11.9 Å². The van der Waals surface area contributed by atoms with Gasteiger partial charge < -0.3 is 14.2 Å². The van der Waals surface area contributed by atoms with Crippen molar-refractivity contribution in [3.8, 4) is 5.75 Å². The number of aromatic nitrogens is 1. The van der Waals surface area contributed by atoms with Gasteiger partial charge in [-0.15, -0.1) is 0 Å². The highest BCUT2D eigenvalue weighted by Crippen LogP contribution is 2.26. The highest BCUT2D eigenvalue weighted by molar-refractivity contribution is 6.05. The Morgan fingerprint density at radius 1 is 1.00 bits per heavy atom. The fourth-order valence-electron chi connectivity index (χ4n) is 3.18. The normalized spacial score (nSPS) is 11.8. The van der Waals surface area contributed by atoms with Gasteiger partial charge in [-0.25, -0.2) is 0 Å². The first-order chi connectivity index (χ1) is 13.8. The molecule has 1 amide bonds. The molecule has 0 bridgehead atoms. The van der Waals surface area contributed by atoms with Crippen molar-refractivity contribution in [3.63, 3.8) is 0 Å². The number of hydrogen-bond donors (Lipinski definition) is 0. The predicted molar refractivity (Wildman–Crippen MR) is 110 cm³/mol. The maximum atomic E-state index is 12.6. The molecular formula is C23H24N2O4. The molecule has 1 aromatic heterocycles. The Hall–Kier alpha value is -3.41. The van der Waals surface area contributed by atoms with Gasteiger partial charge in [0.2, 0.25) is 0 Å². The van der Waals surface area contributed by atoms with Crippen LogP contribution in [0.25, 0.3) is 0 Å². The Balaban J connectivity index is 1.69. The molecule has 0 fully saturated rings. The van der Waals surface area contributed by atoms with Crippen LogP contribution in [0.2, 0.25) is 0 Å². The van der Waals surface area contributed by atoms with Crippen LogP contribution >= 0.6 is 0 Å². The summed E-state index contributed by atoms with van der Waals surface area (Å²) in [6.45, 7) is 7.31. The van der Waals surface area contributed by atoms with Crippen molar-refractivity contribution in [3.05, 3.63) is 76.7 Å². The van der Waals surface area contributed by atoms with Gasteiger partial charge in [0, 0.05) is 23.9 Å². The van der Waals surface area contributed by atoms with Gasteiger partial charge in [0.1, 0.15) is 11.5 Å².